The Balaban J connectivity index is -0.00000103. The van der Waals surface area contributed by atoms with Gasteiger partial charge in [0, 0.05) is 13.8 Å². The van der Waals surface area contributed by atoms with E-state index in [9.17, 15) is 0 Å². The molecule has 0 saturated heterocycles. The lowest BCUT2D eigenvalue weighted by atomic mass is 10.0. The average molecular weight is 489 g/mol. The molecule has 0 heterocycles. The minimum Gasteiger partial charge on any atom is -0.481 e. The molecule has 0 rings (SSSR count). The van der Waals surface area contributed by atoms with Crippen molar-refractivity contribution < 1.29 is 19.8 Å². The van der Waals surface area contributed by atoms with E-state index in [2.05, 4.69) is 37.9 Å². The Labute approximate surface area is 212 Å². The summed E-state index contributed by atoms with van der Waals surface area (Å²) in [4.78, 5) is 22.8. The molecule has 2 N–H and O–H groups in total. The van der Waals surface area contributed by atoms with Crippen LogP contribution in [0.5, 0.6) is 0 Å². The van der Waals surface area contributed by atoms with Crippen LogP contribution in [-0.4, -0.2) is 72.7 Å². The van der Waals surface area contributed by atoms with E-state index >= 15 is 0 Å². The fraction of sp³-hybridized carbons (Fsp3) is 0.929. The maximum atomic E-state index is 9.00. The van der Waals surface area contributed by atoms with Gasteiger partial charge in [-0.25, -0.2) is 0 Å². The fourth-order valence-electron chi connectivity index (χ4n) is 3.70. The molecule has 34 heavy (non-hydrogen) atoms. The Hall–Kier alpha value is -1.14. The van der Waals surface area contributed by atoms with Crippen molar-refractivity contribution >= 4 is 11.9 Å². The molecule has 0 unspecified atom stereocenters. The van der Waals surface area contributed by atoms with E-state index in [0.717, 1.165) is 13.8 Å². The number of hydrogen-bond donors (Lipinski definition) is 2. The average Bonchev–Trinajstić information content (AvgIpc) is 2.72. The predicted octanol–water partition coefficient (Wildman–Crippen LogP) is 7.31. The molecule has 0 atom stereocenters. The van der Waals surface area contributed by atoms with E-state index in [1.54, 1.807) is 0 Å². The zero-order valence-electron chi connectivity index (χ0n) is 23.7. The molecule has 0 aliphatic heterocycles. The first kappa shape index (κ1) is 37.4. The van der Waals surface area contributed by atoms with Gasteiger partial charge >= 0.3 is 0 Å². The summed E-state index contributed by atoms with van der Waals surface area (Å²) in [5.41, 5.74) is 0. The van der Waals surface area contributed by atoms with Crippen LogP contribution in [0, 0.1) is 0 Å². The summed E-state index contributed by atoms with van der Waals surface area (Å²) in [6.07, 6.45) is 24.6. The number of carboxylic acids is 2. The molecule has 0 amide bonds. The van der Waals surface area contributed by atoms with Crippen LogP contribution in [0.25, 0.3) is 0 Å². The molecule has 0 aliphatic carbocycles. The topological polar surface area (TPSA) is 81.1 Å². The second kappa shape index (κ2) is 31.9. The molecule has 0 spiro atoms. The maximum absolute atomic E-state index is 9.00. The van der Waals surface area contributed by atoms with Crippen LogP contribution in [-0.2, 0) is 9.59 Å². The maximum Gasteiger partial charge on any atom is 0.300 e. The molecular weight excluding hydrogens is 428 g/mol. The number of nitrogens with zero attached hydrogens (tertiary/aromatic N) is 2. The van der Waals surface area contributed by atoms with Crippen molar-refractivity contribution in [3.63, 3.8) is 0 Å². The van der Waals surface area contributed by atoms with Gasteiger partial charge in [0.25, 0.3) is 11.9 Å². The number of carbonyl (C=O) groups is 2. The molecule has 0 aromatic rings. The molecule has 0 aromatic carbocycles. The summed E-state index contributed by atoms with van der Waals surface area (Å²) >= 11 is 0. The third-order valence-corrected chi connectivity index (χ3v) is 5.54. The fourth-order valence-corrected chi connectivity index (χ4v) is 3.70. The summed E-state index contributed by atoms with van der Waals surface area (Å²) in [5, 5.41) is 14.8. The number of aliphatic carboxylic acids is 2. The van der Waals surface area contributed by atoms with Gasteiger partial charge in [0.15, 0.2) is 0 Å². The van der Waals surface area contributed by atoms with Gasteiger partial charge in [-0.1, -0.05) is 103 Å². The molecule has 0 bridgehead atoms. The first-order valence-electron chi connectivity index (χ1n) is 13.9. The Morgan fingerprint density at radius 3 is 1.06 bits per heavy atom. The second-order valence-electron chi connectivity index (χ2n) is 9.80. The van der Waals surface area contributed by atoms with Gasteiger partial charge < -0.3 is 20.0 Å². The Morgan fingerprint density at radius 1 is 0.500 bits per heavy atom. The van der Waals surface area contributed by atoms with Crippen molar-refractivity contribution in [1.29, 1.82) is 0 Å². The van der Waals surface area contributed by atoms with E-state index in [0.29, 0.717) is 0 Å². The normalized spacial score (nSPS) is 10.5. The third kappa shape index (κ3) is 52.7. The highest BCUT2D eigenvalue weighted by Gasteiger charge is 1.99. The zero-order chi connectivity index (χ0) is 26.5. The highest BCUT2D eigenvalue weighted by molar-refractivity contribution is 5.63. The largest absolute Gasteiger partial charge is 0.481 e. The van der Waals surface area contributed by atoms with Gasteiger partial charge in [-0.2, -0.15) is 0 Å². The van der Waals surface area contributed by atoms with Gasteiger partial charge in [-0.15, -0.1) is 0 Å². The lowest BCUT2D eigenvalue weighted by Gasteiger charge is -2.17. The zero-order valence-corrected chi connectivity index (χ0v) is 23.7. The van der Waals surface area contributed by atoms with Crippen LogP contribution < -0.4 is 0 Å². The van der Waals surface area contributed by atoms with E-state index in [-0.39, 0.29) is 0 Å². The highest BCUT2D eigenvalue weighted by atomic mass is 16.4. The van der Waals surface area contributed by atoms with Crippen LogP contribution in [0.4, 0.5) is 0 Å². The first-order valence-corrected chi connectivity index (χ1v) is 13.9. The molecule has 0 aliphatic rings. The van der Waals surface area contributed by atoms with E-state index in [4.69, 9.17) is 19.8 Å². The highest BCUT2D eigenvalue weighted by Crippen LogP contribution is 2.13. The molecule has 6 nitrogen and oxygen atoms in total. The number of carboxylic acid groups (broad SMARTS) is 2. The van der Waals surface area contributed by atoms with E-state index in [1.807, 2.05) is 0 Å². The smallest absolute Gasteiger partial charge is 0.300 e. The summed E-state index contributed by atoms with van der Waals surface area (Å²) in [6.45, 7) is 8.21. The van der Waals surface area contributed by atoms with Gasteiger partial charge in [-0.05, 0) is 53.6 Å². The van der Waals surface area contributed by atoms with Gasteiger partial charge in [-0.3, -0.25) is 9.59 Å². The Bertz CT molecular complexity index is 397. The molecule has 0 aromatic heterocycles. The van der Waals surface area contributed by atoms with Crippen molar-refractivity contribution in [2.45, 2.75) is 130 Å². The van der Waals surface area contributed by atoms with Crippen LogP contribution in [0.15, 0.2) is 0 Å². The van der Waals surface area contributed by atoms with E-state index in [1.165, 1.54) is 129 Å². The molecule has 0 fully saturated rings. The van der Waals surface area contributed by atoms with Gasteiger partial charge in [0.1, 0.15) is 0 Å². The first-order chi connectivity index (χ1) is 16.1. The minimum atomic E-state index is -0.833. The predicted molar refractivity (Wildman–Crippen MR) is 147 cm³/mol. The summed E-state index contributed by atoms with van der Waals surface area (Å²) in [6, 6.07) is 0. The standard InChI is InChI=1S/C24H52N2.2C2H4O2/c1-5-6-7-8-9-10-11-12-13-14-15-16-17-18-19-20-23-26(4)24-21-22-25(2)3;2*1-2(3)4/h5-24H2,1-4H3;2*1H3,(H,3,4). The monoisotopic (exact) mass is 488 g/mol. The Morgan fingerprint density at radius 2 is 0.765 bits per heavy atom. The molecule has 0 saturated carbocycles. The van der Waals surface area contributed by atoms with Crippen molar-refractivity contribution in [3.05, 3.63) is 0 Å². The van der Waals surface area contributed by atoms with Gasteiger partial charge in [0.05, 0.1) is 0 Å². The lowest BCUT2D eigenvalue weighted by molar-refractivity contribution is -0.135. The lowest BCUT2D eigenvalue weighted by Crippen LogP contribution is -2.24. The van der Waals surface area contributed by atoms with Crippen LogP contribution in [0.1, 0.15) is 130 Å². The quantitative estimate of drug-likeness (QED) is 0.165. The van der Waals surface area contributed by atoms with Crippen molar-refractivity contribution in [3.8, 4) is 0 Å². The molecular formula is C28H60N2O4. The van der Waals surface area contributed by atoms with Crippen LogP contribution >= 0.6 is 0 Å². The third-order valence-electron chi connectivity index (χ3n) is 5.54. The Kier molecular flexibility index (Phi) is 35.1. The molecule has 0 radical (unpaired) electrons. The molecule has 206 valence electrons. The molecule has 6 heteroatoms. The SMILES string of the molecule is CC(=O)O.CC(=O)O.CCCCCCCCCCCCCCCCCCN(C)CCCN(C)C. The van der Waals surface area contributed by atoms with Gasteiger partial charge in [0.2, 0.25) is 0 Å². The summed E-state index contributed by atoms with van der Waals surface area (Å²) in [5.74, 6) is -1.67. The summed E-state index contributed by atoms with van der Waals surface area (Å²) < 4.78 is 0. The minimum absolute atomic E-state index is 0.833. The number of unbranched alkanes of at least 4 members (excludes halogenated alkanes) is 15. The van der Waals surface area contributed by atoms with E-state index < -0.39 is 11.9 Å². The van der Waals surface area contributed by atoms with Crippen molar-refractivity contribution in [2.24, 2.45) is 0 Å². The van der Waals surface area contributed by atoms with Crippen LogP contribution in [0.2, 0.25) is 0 Å². The summed E-state index contributed by atoms with van der Waals surface area (Å²) in [7, 11) is 6.60. The van der Waals surface area contributed by atoms with Crippen LogP contribution in [0.3, 0.4) is 0 Å². The van der Waals surface area contributed by atoms with Crippen molar-refractivity contribution in [2.75, 3.05) is 40.8 Å². The number of hydrogen-bond acceptors (Lipinski definition) is 4. The second-order valence-corrected chi connectivity index (χ2v) is 9.80. The van der Waals surface area contributed by atoms with Crippen molar-refractivity contribution in [1.82, 2.24) is 9.80 Å². The number of rotatable bonds is 21.